The minimum absolute atomic E-state index is 0.0712. The van der Waals surface area contributed by atoms with Crippen LogP contribution in [0.25, 0.3) is 0 Å². The smallest absolute Gasteiger partial charge is 0.221 e. The van der Waals surface area contributed by atoms with Crippen LogP contribution in [0.3, 0.4) is 0 Å². The number of nitrogens with two attached hydrogens (primary N) is 1. The van der Waals surface area contributed by atoms with Crippen LogP contribution < -0.4 is 11.1 Å². The van der Waals surface area contributed by atoms with E-state index in [0.717, 1.165) is 6.54 Å². The zero-order valence-corrected chi connectivity index (χ0v) is 12.7. The Hall–Kier alpha value is -1.15. The number of nitrogens with one attached hydrogen (secondary N) is 1. The van der Waals surface area contributed by atoms with E-state index in [-0.39, 0.29) is 17.4 Å². The molecule has 0 spiro atoms. The number of carbonyl (C=O) groups excluding carboxylic acids is 1. The number of aromatic nitrogens is 4. The van der Waals surface area contributed by atoms with Crippen molar-refractivity contribution in [1.82, 2.24) is 25.5 Å². The molecule has 0 saturated heterocycles. The molecule has 1 aromatic rings. The van der Waals surface area contributed by atoms with Gasteiger partial charge in [-0.05, 0) is 31.2 Å². The standard InChI is InChI=1S/C11H22N6OS/c1-8(9(12)18)7-19-10-14-15-16-17(10)6-5-13-11(2,3)4/h8,13H,5-7H2,1-4H3,(H2,12,18). The van der Waals surface area contributed by atoms with Crippen molar-refractivity contribution in [1.29, 1.82) is 0 Å². The van der Waals surface area contributed by atoms with E-state index in [1.54, 1.807) is 11.6 Å². The fourth-order valence-corrected chi connectivity index (χ4v) is 2.19. The first-order chi connectivity index (χ1) is 8.79. The Kier molecular flexibility index (Phi) is 5.74. The van der Waals surface area contributed by atoms with Gasteiger partial charge >= 0.3 is 0 Å². The van der Waals surface area contributed by atoms with E-state index in [4.69, 9.17) is 5.73 Å². The lowest BCUT2D eigenvalue weighted by atomic mass is 10.1. The number of amides is 1. The van der Waals surface area contributed by atoms with Crippen LogP contribution in [0.5, 0.6) is 0 Å². The third-order valence-electron chi connectivity index (χ3n) is 2.43. The molecule has 0 aliphatic carbocycles. The summed E-state index contributed by atoms with van der Waals surface area (Å²) in [7, 11) is 0. The van der Waals surface area contributed by atoms with Gasteiger partial charge in [-0.2, -0.15) is 0 Å². The molecule has 108 valence electrons. The van der Waals surface area contributed by atoms with Crippen LogP contribution in [0.1, 0.15) is 27.7 Å². The number of thioether (sulfide) groups is 1. The lowest BCUT2D eigenvalue weighted by Gasteiger charge is -2.20. The molecule has 0 aromatic carbocycles. The molecule has 0 aliphatic heterocycles. The number of tetrazole rings is 1. The van der Waals surface area contributed by atoms with Crippen LogP contribution in [0.4, 0.5) is 0 Å². The third kappa shape index (κ3) is 6.02. The molecule has 3 N–H and O–H groups in total. The Bertz CT molecular complexity index is 414. The van der Waals surface area contributed by atoms with Gasteiger partial charge in [-0.15, -0.1) is 5.10 Å². The molecule has 1 heterocycles. The molecule has 1 amide bonds. The summed E-state index contributed by atoms with van der Waals surface area (Å²) < 4.78 is 1.73. The molecule has 1 atom stereocenters. The van der Waals surface area contributed by atoms with Crippen molar-refractivity contribution >= 4 is 17.7 Å². The van der Waals surface area contributed by atoms with Crippen molar-refractivity contribution in [3.63, 3.8) is 0 Å². The normalized spacial score (nSPS) is 13.5. The van der Waals surface area contributed by atoms with Crippen molar-refractivity contribution in [2.75, 3.05) is 12.3 Å². The zero-order valence-electron chi connectivity index (χ0n) is 11.9. The van der Waals surface area contributed by atoms with Crippen molar-refractivity contribution in [2.24, 2.45) is 11.7 Å². The van der Waals surface area contributed by atoms with Gasteiger partial charge in [0.05, 0.1) is 6.54 Å². The highest BCUT2D eigenvalue weighted by Crippen LogP contribution is 2.17. The molecule has 7 nitrogen and oxygen atoms in total. The zero-order chi connectivity index (χ0) is 14.5. The largest absolute Gasteiger partial charge is 0.369 e. The predicted octanol–water partition coefficient (Wildman–Crippen LogP) is 0.275. The number of carbonyl (C=O) groups is 1. The van der Waals surface area contributed by atoms with Crippen LogP contribution in [0, 0.1) is 5.92 Å². The average Bonchev–Trinajstić information content (AvgIpc) is 2.71. The predicted molar refractivity (Wildman–Crippen MR) is 74.7 cm³/mol. The SMILES string of the molecule is CC(CSc1nnnn1CCNC(C)(C)C)C(N)=O. The van der Waals surface area contributed by atoms with Crippen molar-refractivity contribution < 1.29 is 4.79 Å². The van der Waals surface area contributed by atoms with E-state index >= 15 is 0 Å². The van der Waals surface area contributed by atoms with E-state index in [1.807, 2.05) is 0 Å². The summed E-state index contributed by atoms with van der Waals surface area (Å²) in [5.74, 6) is 0.0892. The monoisotopic (exact) mass is 286 g/mol. The van der Waals surface area contributed by atoms with Gasteiger partial charge in [0.15, 0.2) is 0 Å². The van der Waals surface area contributed by atoms with Crippen molar-refractivity contribution in [3.8, 4) is 0 Å². The molecule has 8 heteroatoms. The van der Waals surface area contributed by atoms with Gasteiger partial charge in [0.2, 0.25) is 11.1 Å². The lowest BCUT2D eigenvalue weighted by Crippen LogP contribution is -2.38. The molecule has 1 unspecified atom stereocenters. The summed E-state index contributed by atoms with van der Waals surface area (Å²) >= 11 is 1.45. The second-order valence-corrected chi connectivity index (χ2v) is 6.46. The molecule has 0 saturated carbocycles. The summed E-state index contributed by atoms with van der Waals surface area (Å²) in [5, 5.41) is 15.6. The Morgan fingerprint density at radius 1 is 1.53 bits per heavy atom. The summed E-state index contributed by atoms with van der Waals surface area (Å²) in [6.45, 7) is 9.60. The third-order valence-corrected chi connectivity index (χ3v) is 3.64. The molecule has 1 aromatic heterocycles. The van der Waals surface area contributed by atoms with Gasteiger partial charge in [0.25, 0.3) is 0 Å². The summed E-state index contributed by atoms with van der Waals surface area (Å²) in [5.41, 5.74) is 5.29. The Labute approximate surface area is 117 Å². The molecule has 0 aliphatic rings. The first kappa shape index (κ1) is 15.9. The summed E-state index contributed by atoms with van der Waals surface area (Å²) in [6.07, 6.45) is 0. The maximum atomic E-state index is 11.0. The lowest BCUT2D eigenvalue weighted by molar-refractivity contribution is -0.120. The molecular weight excluding hydrogens is 264 g/mol. The van der Waals surface area contributed by atoms with E-state index in [2.05, 4.69) is 41.6 Å². The topological polar surface area (TPSA) is 98.7 Å². The highest BCUT2D eigenvalue weighted by molar-refractivity contribution is 7.99. The van der Waals surface area contributed by atoms with Crippen molar-refractivity contribution in [3.05, 3.63) is 0 Å². The number of nitrogens with zero attached hydrogens (tertiary/aromatic N) is 4. The molecule has 0 radical (unpaired) electrons. The first-order valence-electron chi connectivity index (χ1n) is 6.23. The van der Waals surface area contributed by atoms with Crippen molar-refractivity contribution in [2.45, 2.75) is 44.9 Å². The molecular formula is C11H22N6OS. The molecule has 19 heavy (non-hydrogen) atoms. The van der Waals surface area contributed by atoms with Gasteiger partial charge < -0.3 is 11.1 Å². The highest BCUT2D eigenvalue weighted by atomic mass is 32.2. The number of hydrogen-bond acceptors (Lipinski definition) is 6. The number of rotatable bonds is 7. The second kappa shape index (κ2) is 6.85. The Balaban J connectivity index is 2.44. The minimum Gasteiger partial charge on any atom is -0.369 e. The maximum absolute atomic E-state index is 11.0. The molecule has 1 rings (SSSR count). The van der Waals surface area contributed by atoms with Crippen LogP contribution in [-0.2, 0) is 11.3 Å². The van der Waals surface area contributed by atoms with E-state index < -0.39 is 0 Å². The number of primary amides is 1. The van der Waals surface area contributed by atoms with Gasteiger partial charge in [0, 0.05) is 23.8 Å². The van der Waals surface area contributed by atoms with Crippen LogP contribution in [0.2, 0.25) is 0 Å². The van der Waals surface area contributed by atoms with Crippen LogP contribution >= 0.6 is 11.8 Å². The Morgan fingerprint density at radius 2 is 2.21 bits per heavy atom. The van der Waals surface area contributed by atoms with Gasteiger partial charge in [-0.3, -0.25) is 4.79 Å². The van der Waals surface area contributed by atoms with Crippen LogP contribution in [-0.4, -0.2) is 44.0 Å². The van der Waals surface area contributed by atoms with E-state index in [9.17, 15) is 4.79 Å². The van der Waals surface area contributed by atoms with Gasteiger partial charge in [0.1, 0.15) is 0 Å². The molecule has 0 bridgehead atoms. The fourth-order valence-electron chi connectivity index (χ4n) is 1.26. The van der Waals surface area contributed by atoms with Crippen LogP contribution in [0.15, 0.2) is 5.16 Å². The van der Waals surface area contributed by atoms with Gasteiger partial charge in [-0.1, -0.05) is 18.7 Å². The fraction of sp³-hybridized carbons (Fsp3) is 0.818. The second-order valence-electron chi connectivity index (χ2n) is 5.48. The van der Waals surface area contributed by atoms with Gasteiger partial charge in [-0.25, -0.2) is 4.68 Å². The Morgan fingerprint density at radius 3 is 2.79 bits per heavy atom. The van der Waals surface area contributed by atoms with E-state index in [0.29, 0.717) is 17.5 Å². The van der Waals surface area contributed by atoms with E-state index in [1.165, 1.54) is 11.8 Å². The summed E-state index contributed by atoms with van der Waals surface area (Å²) in [6, 6.07) is 0. The number of hydrogen-bond donors (Lipinski definition) is 2. The maximum Gasteiger partial charge on any atom is 0.221 e. The molecule has 0 fully saturated rings. The average molecular weight is 286 g/mol. The first-order valence-corrected chi connectivity index (χ1v) is 7.21. The highest BCUT2D eigenvalue weighted by Gasteiger charge is 2.14. The minimum atomic E-state index is -0.305. The quantitative estimate of drug-likeness (QED) is 0.698. The summed E-state index contributed by atoms with van der Waals surface area (Å²) in [4.78, 5) is 11.0.